The maximum absolute atomic E-state index is 2.85. The van der Waals surface area contributed by atoms with Crippen LogP contribution in [0.4, 0.5) is 0 Å². The topological polar surface area (TPSA) is 0 Å². The molecule has 2 aliphatic heterocycles. The van der Waals surface area contributed by atoms with Crippen LogP contribution in [0.15, 0.2) is 176 Å². The summed E-state index contributed by atoms with van der Waals surface area (Å²) in [4.78, 5) is 0. The third-order valence-electron chi connectivity index (χ3n) is 11.8. The predicted molar refractivity (Wildman–Crippen MR) is 231 cm³/mol. The smallest absolute Gasteiger partial charge is 0.135 e. The molecule has 12 rings (SSSR count). The van der Waals surface area contributed by atoms with Gasteiger partial charge < -0.3 is 0 Å². The highest BCUT2D eigenvalue weighted by Gasteiger charge is 2.44. The van der Waals surface area contributed by atoms with E-state index < -0.39 is 8.07 Å². The lowest BCUT2D eigenvalue weighted by molar-refractivity contribution is 1.66. The van der Waals surface area contributed by atoms with Gasteiger partial charge in [0.1, 0.15) is 0 Å². The predicted octanol–water partition coefficient (Wildman–Crippen LogP) is 8.28. The van der Waals surface area contributed by atoms with E-state index in [4.69, 9.17) is 0 Å². The summed E-state index contributed by atoms with van der Waals surface area (Å²) in [7, 11) is -2.85. The second kappa shape index (κ2) is 10.8. The van der Waals surface area contributed by atoms with Crippen LogP contribution in [-0.2, 0) is 0 Å². The highest BCUT2D eigenvalue weighted by atomic mass is 32.1. The summed E-state index contributed by atoms with van der Waals surface area (Å²) < 4.78 is 5.48. The Morgan fingerprint density at radius 3 is 1.13 bits per heavy atom. The summed E-state index contributed by atoms with van der Waals surface area (Å²) in [6.45, 7) is 0.100. The van der Waals surface area contributed by atoms with Crippen LogP contribution in [0.1, 0.15) is 0 Å². The first kappa shape index (κ1) is 29.1. The molecule has 0 N–H and O–H groups in total. The molecule has 0 saturated heterocycles. The zero-order chi connectivity index (χ0) is 34.0. The summed E-state index contributed by atoms with van der Waals surface area (Å²) in [5.74, 6) is 0. The van der Waals surface area contributed by atoms with Crippen molar-refractivity contribution in [2.75, 3.05) is 0 Å². The quantitative estimate of drug-likeness (QED) is 0.128. The Morgan fingerprint density at radius 1 is 0.327 bits per heavy atom. The number of benzene rings is 8. The van der Waals surface area contributed by atoms with Crippen molar-refractivity contribution in [2.24, 2.45) is 0 Å². The normalized spacial score (nSPS) is 13.0. The molecule has 4 heterocycles. The third-order valence-corrected chi connectivity index (χ3v) is 18.8. The molecule has 52 heavy (non-hydrogen) atoms. The van der Waals surface area contributed by atoms with Gasteiger partial charge in [-0.15, -0.1) is 22.7 Å². The Hall–Kier alpha value is -5.52. The standard InChI is InChI=1S/C48H29BS2Si/c1-4-14-30(15-5-1)52(31-16-6-2-7-17-31,32-18-8-3-9-19-32)33-28-36-34-20-10-24-40-44(34)46-38(22-12-26-42(46)50-40)49-39-23-13-27-43-47(39)45-35(37(29-33)48(36)49)21-11-25-41(45)51-43/h1-29H. The lowest BCUT2D eigenvalue weighted by Gasteiger charge is -2.36. The summed E-state index contributed by atoms with van der Waals surface area (Å²) in [6, 6.07) is 67.7. The lowest BCUT2D eigenvalue weighted by atomic mass is 9.35. The average Bonchev–Trinajstić information content (AvgIpc) is 3.72. The molecule has 10 aromatic rings. The van der Waals surface area contributed by atoms with Gasteiger partial charge in [-0.2, -0.15) is 0 Å². The van der Waals surface area contributed by atoms with Crippen molar-refractivity contribution < 1.29 is 0 Å². The fourth-order valence-corrected chi connectivity index (χ4v) is 17.0. The molecule has 0 nitrogen and oxygen atoms in total. The number of thiophene rings is 2. The Balaban J connectivity index is 1.34. The van der Waals surface area contributed by atoms with Crippen molar-refractivity contribution in [1.29, 1.82) is 0 Å². The van der Waals surface area contributed by atoms with Crippen LogP contribution in [-0.4, -0.2) is 14.8 Å². The summed E-state index contributed by atoms with van der Waals surface area (Å²) in [6.07, 6.45) is 0. The zero-order valence-corrected chi connectivity index (χ0v) is 30.8. The molecule has 4 heteroatoms. The van der Waals surface area contributed by atoms with Crippen LogP contribution in [0.5, 0.6) is 0 Å². The van der Waals surface area contributed by atoms with E-state index in [-0.39, 0.29) is 6.71 Å². The first-order valence-electron chi connectivity index (χ1n) is 18.0. The van der Waals surface area contributed by atoms with Crippen LogP contribution in [0, 0.1) is 0 Å². The Labute approximate surface area is 311 Å². The molecule has 0 amide bonds. The van der Waals surface area contributed by atoms with E-state index >= 15 is 0 Å². The maximum Gasteiger partial charge on any atom is 0.244 e. The van der Waals surface area contributed by atoms with E-state index in [9.17, 15) is 0 Å². The number of hydrogen-bond donors (Lipinski definition) is 0. The van der Waals surface area contributed by atoms with E-state index in [0.29, 0.717) is 0 Å². The van der Waals surface area contributed by atoms with Crippen LogP contribution < -0.4 is 37.1 Å². The fourth-order valence-electron chi connectivity index (χ4n) is 9.89. The zero-order valence-electron chi connectivity index (χ0n) is 28.1. The highest BCUT2D eigenvalue weighted by molar-refractivity contribution is 7.27. The van der Waals surface area contributed by atoms with Crippen molar-refractivity contribution in [2.45, 2.75) is 0 Å². The molecule has 0 bridgehead atoms. The second-order valence-corrected chi connectivity index (χ2v) is 20.2. The lowest BCUT2D eigenvalue weighted by Crippen LogP contribution is -2.75. The van der Waals surface area contributed by atoms with Crippen molar-refractivity contribution in [1.82, 2.24) is 0 Å². The molecular weight excluding hydrogens is 680 g/mol. The Kier molecular flexibility index (Phi) is 6.02. The fraction of sp³-hybridized carbons (Fsp3) is 0. The van der Waals surface area contributed by atoms with Crippen molar-refractivity contribution in [3.63, 3.8) is 0 Å². The van der Waals surface area contributed by atoms with Gasteiger partial charge in [0.25, 0.3) is 0 Å². The molecule has 0 saturated carbocycles. The second-order valence-electron chi connectivity index (χ2n) is 14.3. The SMILES string of the molecule is c1ccc([Si](c2ccccc2)(c2ccccc2)c2cc3c4c(c2)-c2cccc5sc6cccc(c6c25)B4c2cccc4sc5cccc-3c5c24)cc1. The minimum Gasteiger partial charge on any atom is -0.135 e. The molecule has 0 spiro atoms. The molecule has 0 unspecified atom stereocenters. The molecule has 240 valence electrons. The van der Waals surface area contributed by atoms with Crippen molar-refractivity contribution in [3.05, 3.63) is 176 Å². The van der Waals surface area contributed by atoms with Gasteiger partial charge in [-0.05, 0) is 78.0 Å². The van der Waals surface area contributed by atoms with Crippen molar-refractivity contribution >= 4 is 115 Å². The van der Waals surface area contributed by atoms with Crippen LogP contribution in [0.3, 0.4) is 0 Å². The van der Waals surface area contributed by atoms with Gasteiger partial charge in [-0.1, -0.05) is 168 Å². The molecule has 0 aliphatic carbocycles. The first-order valence-corrected chi connectivity index (χ1v) is 21.7. The van der Waals surface area contributed by atoms with E-state index in [1.807, 2.05) is 22.7 Å². The van der Waals surface area contributed by atoms with E-state index in [1.165, 1.54) is 99.7 Å². The number of rotatable bonds is 4. The van der Waals surface area contributed by atoms with Crippen molar-refractivity contribution in [3.8, 4) is 22.3 Å². The van der Waals surface area contributed by atoms with Gasteiger partial charge in [-0.3, -0.25) is 0 Å². The minimum atomic E-state index is -2.85. The van der Waals surface area contributed by atoms with Crippen LogP contribution >= 0.6 is 22.7 Å². The first-order chi connectivity index (χ1) is 25.8. The molecule has 0 atom stereocenters. The summed E-state index contributed by atoms with van der Waals surface area (Å²) in [5, 5.41) is 11.3. The maximum atomic E-state index is 2.65. The molecule has 0 fully saturated rings. The van der Waals surface area contributed by atoms with Crippen LogP contribution in [0.25, 0.3) is 62.6 Å². The highest BCUT2D eigenvalue weighted by Crippen LogP contribution is 2.45. The summed E-state index contributed by atoms with van der Waals surface area (Å²) >= 11 is 3.88. The van der Waals surface area contributed by atoms with Gasteiger partial charge in [-0.25, -0.2) is 0 Å². The van der Waals surface area contributed by atoms with Gasteiger partial charge in [0.2, 0.25) is 6.71 Å². The van der Waals surface area contributed by atoms with E-state index in [2.05, 4.69) is 176 Å². The van der Waals surface area contributed by atoms with Gasteiger partial charge >= 0.3 is 0 Å². The largest absolute Gasteiger partial charge is 0.244 e. The molecule has 0 radical (unpaired) electrons. The summed E-state index contributed by atoms with van der Waals surface area (Å²) in [5.41, 5.74) is 9.78. The van der Waals surface area contributed by atoms with Crippen LogP contribution in [0.2, 0.25) is 0 Å². The average molecular weight is 709 g/mol. The Bertz CT molecular complexity index is 2830. The minimum absolute atomic E-state index is 0.100. The van der Waals surface area contributed by atoms with Gasteiger partial charge in [0.15, 0.2) is 8.07 Å². The third kappa shape index (κ3) is 3.71. The Morgan fingerprint density at radius 2 is 0.712 bits per heavy atom. The molecular formula is C48H29BS2Si. The van der Waals surface area contributed by atoms with Gasteiger partial charge in [0, 0.05) is 29.6 Å². The molecule has 2 aliphatic rings. The molecule has 2 aromatic heterocycles. The van der Waals surface area contributed by atoms with E-state index in [0.717, 1.165) is 0 Å². The number of fused-ring (bicyclic) bond motifs is 4. The number of hydrogen-bond acceptors (Lipinski definition) is 2. The van der Waals surface area contributed by atoms with E-state index in [1.54, 1.807) is 0 Å². The molecule has 8 aromatic carbocycles. The monoisotopic (exact) mass is 708 g/mol. The van der Waals surface area contributed by atoms with Gasteiger partial charge in [0.05, 0.1) is 0 Å².